The molecule has 4 heterocycles. The van der Waals surface area contributed by atoms with Crippen molar-refractivity contribution in [3.8, 4) is 0 Å². The summed E-state index contributed by atoms with van der Waals surface area (Å²) in [5.74, 6) is 4.40. The first-order chi connectivity index (χ1) is 10.4. The third kappa shape index (κ3) is 2.57. The van der Waals surface area contributed by atoms with Crippen molar-refractivity contribution in [2.24, 2.45) is 0 Å². The molecule has 0 aliphatic carbocycles. The predicted octanol–water partition coefficient (Wildman–Crippen LogP) is 2.97. The van der Waals surface area contributed by atoms with E-state index in [1.165, 1.54) is 43.0 Å². The largest absolute Gasteiger partial charge is 0.315 e. The van der Waals surface area contributed by atoms with Crippen LogP contribution in [0.25, 0.3) is 11.2 Å². The van der Waals surface area contributed by atoms with Gasteiger partial charge in [-0.3, -0.25) is 0 Å². The number of thioether (sulfide) groups is 1. The fraction of sp³-hybridized carbons (Fsp3) is 0.625. The van der Waals surface area contributed by atoms with Gasteiger partial charge in [-0.2, -0.15) is 11.8 Å². The molecule has 0 radical (unpaired) electrons. The molecule has 0 aromatic carbocycles. The molecule has 0 spiro atoms. The average molecular weight is 302 g/mol. The van der Waals surface area contributed by atoms with Gasteiger partial charge in [-0.15, -0.1) is 0 Å². The topological polar surface area (TPSA) is 42.7 Å². The molecular weight excluding hydrogens is 280 g/mol. The maximum atomic E-state index is 4.97. The molecule has 4 rings (SSSR count). The van der Waals surface area contributed by atoms with Crippen molar-refractivity contribution < 1.29 is 0 Å². The van der Waals surface area contributed by atoms with Crippen LogP contribution in [0.4, 0.5) is 0 Å². The number of imidazole rings is 1. The van der Waals surface area contributed by atoms with Gasteiger partial charge in [-0.25, -0.2) is 9.97 Å². The zero-order valence-corrected chi connectivity index (χ0v) is 13.1. The Hall–Kier alpha value is -1.07. The molecule has 2 saturated heterocycles. The Morgan fingerprint density at radius 2 is 2.29 bits per heavy atom. The molecular formula is C16H22N4S. The smallest absolute Gasteiger partial charge is 0.160 e. The summed E-state index contributed by atoms with van der Waals surface area (Å²) in [5, 5.41) is 3.54. The van der Waals surface area contributed by atoms with Gasteiger partial charge in [-0.1, -0.05) is 0 Å². The number of hydrogen-bond acceptors (Lipinski definition) is 4. The molecule has 2 unspecified atom stereocenters. The lowest BCUT2D eigenvalue weighted by Gasteiger charge is -2.29. The number of piperidine rings is 1. The van der Waals surface area contributed by atoms with Crippen LogP contribution in [-0.2, 0) is 0 Å². The number of pyridine rings is 1. The number of aromatic nitrogens is 3. The van der Waals surface area contributed by atoms with E-state index in [1.54, 1.807) is 0 Å². The highest BCUT2D eigenvalue weighted by atomic mass is 32.2. The van der Waals surface area contributed by atoms with Crippen LogP contribution in [0.1, 0.15) is 43.5 Å². The molecule has 1 N–H and O–H groups in total. The molecule has 112 valence electrons. The summed E-state index contributed by atoms with van der Waals surface area (Å²) in [5.41, 5.74) is 2.14. The molecule has 0 bridgehead atoms. The van der Waals surface area contributed by atoms with Crippen molar-refractivity contribution in [1.29, 1.82) is 0 Å². The van der Waals surface area contributed by atoms with E-state index in [0.29, 0.717) is 12.0 Å². The third-order valence-electron chi connectivity index (χ3n) is 4.64. The van der Waals surface area contributed by atoms with E-state index in [2.05, 4.69) is 32.7 Å². The van der Waals surface area contributed by atoms with E-state index in [-0.39, 0.29) is 0 Å². The molecule has 2 fully saturated rings. The number of rotatable bonds is 2. The van der Waals surface area contributed by atoms with E-state index in [1.807, 2.05) is 12.3 Å². The summed E-state index contributed by atoms with van der Waals surface area (Å²) in [6, 6.07) is 4.62. The molecule has 2 aromatic rings. The van der Waals surface area contributed by atoms with Crippen LogP contribution < -0.4 is 5.32 Å². The number of hydrogen-bond donors (Lipinski definition) is 1. The van der Waals surface area contributed by atoms with E-state index in [0.717, 1.165) is 24.3 Å². The maximum absolute atomic E-state index is 4.97. The van der Waals surface area contributed by atoms with Crippen molar-refractivity contribution >= 4 is 22.9 Å². The summed E-state index contributed by atoms with van der Waals surface area (Å²) in [4.78, 5) is 9.61. The third-order valence-corrected chi connectivity index (χ3v) is 5.85. The zero-order chi connectivity index (χ0) is 14.1. The highest BCUT2D eigenvalue weighted by Gasteiger charge is 2.27. The minimum absolute atomic E-state index is 0.514. The first-order valence-corrected chi connectivity index (χ1v) is 9.20. The van der Waals surface area contributed by atoms with Crippen molar-refractivity contribution in [3.05, 3.63) is 24.2 Å². The fourth-order valence-corrected chi connectivity index (χ4v) is 4.73. The number of nitrogens with zero attached hydrogens (tertiary/aromatic N) is 3. The quantitative estimate of drug-likeness (QED) is 0.926. The van der Waals surface area contributed by atoms with Crippen LogP contribution in [0.5, 0.6) is 0 Å². The van der Waals surface area contributed by atoms with Gasteiger partial charge in [0.05, 0.1) is 0 Å². The van der Waals surface area contributed by atoms with Gasteiger partial charge in [-0.05, 0) is 50.1 Å². The molecule has 2 aliphatic rings. The highest BCUT2D eigenvalue weighted by molar-refractivity contribution is 7.99. The molecule has 2 atom stereocenters. The Bertz CT molecular complexity index is 612. The summed E-state index contributed by atoms with van der Waals surface area (Å²) in [6.07, 6.45) is 6.97. The minimum atomic E-state index is 0.514. The lowest BCUT2D eigenvalue weighted by atomic mass is 10.0. The van der Waals surface area contributed by atoms with Crippen LogP contribution in [0, 0.1) is 0 Å². The van der Waals surface area contributed by atoms with Gasteiger partial charge in [0.2, 0.25) is 0 Å². The van der Waals surface area contributed by atoms with Crippen LogP contribution in [-0.4, -0.2) is 39.1 Å². The summed E-state index contributed by atoms with van der Waals surface area (Å²) >= 11 is 2.07. The standard InChI is InChI=1S/C16H22N4S/c1-5-13(10-17-7-1)20-15(12-4-3-9-21-11-12)19-14-6-2-8-18-16(14)20/h2,6,8,12-13,17H,1,3-5,7,9-11H2. The SMILES string of the molecule is c1cnc2c(c1)nc(C1CCCSC1)n2C1CCCNC1. The zero-order valence-electron chi connectivity index (χ0n) is 12.3. The van der Waals surface area contributed by atoms with Gasteiger partial charge < -0.3 is 9.88 Å². The Labute approximate surface area is 129 Å². The van der Waals surface area contributed by atoms with E-state index in [4.69, 9.17) is 4.98 Å². The molecule has 21 heavy (non-hydrogen) atoms. The fourth-order valence-electron chi connectivity index (χ4n) is 3.59. The minimum Gasteiger partial charge on any atom is -0.315 e. The monoisotopic (exact) mass is 302 g/mol. The summed E-state index contributed by atoms with van der Waals surface area (Å²) in [6.45, 7) is 2.19. The Morgan fingerprint density at radius 3 is 3.10 bits per heavy atom. The molecule has 0 saturated carbocycles. The second-order valence-electron chi connectivity index (χ2n) is 6.10. The van der Waals surface area contributed by atoms with Gasteiger partial charge in [0, 0.05) is 30.5 Å². The lowest BCUT2D eigenvalue weighted by Crippen LogP contribution is -2.33. The van der Waals surface area contributed by atoms with Crippen LogP contribution >= 0.6 is 11.8 Å². The average Bonchev–Trinajstić information content (AvgIpc) is 2.96. The number of nitrogens with one attached hydrogen (secondary N) is 1. The number of fused-ring (bicyclic) bond motifs is 1. The Balaban J connectivity index is 1.79. The Morgan fingerprint density at radius 1 is 1.29 bits per heavy atom. The molecule has 2 aliphatic heterocycles. The van der Waals surface area contributed by atoms with Gasteiger partial charge >= 0.3 is 0 Å². The van der Waals surface area contributed by atoms with E-state index >= 15 is 0 Å². The summed E-state index contributed by atoms with van der Waals surface area (Å²) in [7, 11) is 0. The normalized spacial score (nSPS) is 27.0. The van der Waals surface area contributed by atoms with Crippen LogP contribution in [0.2, 0.25) is 0 Å². The summed E-state index contributed by atoms with van der Waals surface area (Å²) < 4.78 is 2.46. The Kier molecular flexibility index (Phi) is 3.86. The molecule has 0 amide bonds. The van der Waals surface area contributed by atoms with Crippen LogP contribution in [0.3, 0.4) is 0 Å². The van der Waals surface area contributed by atoms with Crippen molar-refractivity contribution in [2.45, 2.75) is 37.6 Å². The second kappa shape index (κ2) is 5.97. The van der Waals surface area contributed by atoms with E-state index < -0.39 is 0 Å². The van der Waals surface area contributed by atoms with Crippen molar-refractivity contribution in [3.63, 3.8) is 0 Å². The van der Waals surface area contributed by atoms with Gasteiger partial charge in [0.1, 0.15) is 11.3 Å². The van der Waals surface area contributed by atoms with Crippen LogP contribution in [0.15, 0.2) is 18.3 Å². The predicted molar refractivity (Wildman–Crippen MR) is 88.0 cm³/mol. The van der Waals surface area contributed by atoms with E-state index in [9.17, 15) is 0 Å². The molecule has 5 heteroatoms. The second-order valence-corrected chi connectivity index (χ2v) is 7.25. The first-order valence-electron chi connectivity index (χ1n) is 8.05. The highest BCUT2D eigenvalue weighted by Crippen LogP contribution is 2.35. The van der Waals surface area contributed by atoms with Crippen molar-refractivity contribution in [2.75, 3.05) is 24.6 Å². The molecule has 2 aromatic heterocycles. The molecule has 4 nitrogen and oxygen atoms in total. The lowest BCUT2D eigenvalue weighted by molar-refractivity contribution is 0.362. The maximum Gasteiger partial charge on any atom is 0.160 e. The van der Waals surface area contributed by atoms with Gasteiger partial charge in [0.15, 0.2) is 5.65 Å². The van der Waals surface area contributed by atoms with Crippen molar-refractivity contribution in [1.82, 2.24) is 19.9 Å². The first kappa shape index (κ1) is 13.6. The van der Waals surface area contributed by atoms with Gasteiger partial charge in [0.25, 0.3) is 0 Å².